The largest absolute Gasteiger partial charge is 0.333 e. The molecule has 0 saturated carbocycles. The van der Waals surface area contributed by atoms with Crippen molar-refractivity contribution in [2.45, 2.75) is 33.5 Å². The van der Waals surface area contributed by atoms with Crippen LogP contribution in [0.4, 0.5) is 4.39 Å². The second-order valence-electron chi connectivity index (χ2n) is 5.73. The number of aromatic nitrogens is 2. The Hall–Kier alpha value is -1.68. The van der Waals surface area contributed by atoms with E-state index in [1.165, 1.54) is 17.8 Å². The molecule has 20 heavy (non-hydrogen) atoms. The Balaban J connectivity index is 1.96. The third kappa shape index (κ3) is 4.17. The molecule has 0 fully saturated rings. The lowest BCUT2D eigenvalue weighted by atomic mass is 10.2. The first-order valence-corrected chi connectivity index (χ1v) is 6.96. The second kappa shape index (κ2) is 6.66. The number of hydrogen-bond acceptors (Lipinski definition) is 2. The highest BCUT2D eigenvalue weighted by atomic mass is 19.1. The topological polar surface area (TPSA) is 21.1 Å². The maximum Gasteiger partial charge on any atom is 0.123 e. The number of nitrogens with zero attached hydrogens (tertiary/aromatic N) is 3. The van der Waals surface area contributed by atoms with Crippen LogP contribution in [0.5, 0.6) is 0 Å². The van der Waals surface area contributed by atoms with Crippen LogP contribution in [0.15, 0.2) is 36.8 Å². The van der Waals surface area contributed by atoms with Crippen LogP contribution < -0.4 is 0 Å². The average molecular weight is 275 g/mol. The van der Waals surface area contributed by atoms with E-state index in [9.17, 15) is 4.39 Å². The van der Waals surface area contributed by atoms with Crippen molar-refractivity contribution in [2.75, 3.05) is 7.05 Å². The van der Waals surface area contributed by atoms with Gasteiger partial charge in [-0.2, -0.15) is 0 Å². The standard InChI is InChI=1S/C16H22FN3/c1-13(2)9-20-12-18-8-16(20)11-19(3)10-14-4-6-15(17)7-5-14/h4-8,12-13H,9-11H2,1-3H3. The summed E-state index contributed by atoms with van der Waals surface area (Å²) >= 11 is 0. The highest BCUT2D eigenvalue weighted by Crippen LogP contribution is 2.10. The van der Waals surface area contributed by atoms with Gasteiger partial charge >= 0.3 is 0 Å². The molecule has 0 bridgehead atoms. The molecule has 0 N–H and O–H groups in total. The Morgan fingerprint density at radius 1 is 1.20 bits per heavy atom. The molecule has 0 aliphatic rings. The molecule has 0 unspecified atom stereocenters. The maximum absolute atomic E-state index is 12.9. The Bertz CT molecular complexity index is 531. The Labute approximate surface area is 120 Å². The van der Waals surface area contributed by atoms with E-state index in [4.69, 9.17) is 0 Å². The van der Waals surface area contributed by atoms with Crippen LogP contribution in [-0.2, 0) is 19.6 Å². The number of rotatable bonds is 6. The zero-order chi connectivity index (χ0) is 14.5. The monoisotopic (exact) mass is 275 g/mol. The SMILES string of the molecule is CC(C)Cn1cncc1CN(C)Cc1ccc(F)cc1. The van der Waals surface area contributed by atoms with Crippen LogP contribution in [0.1, 0.15) is 25.1 Å². The molecule has 3 nitrogen and oxygen atoms in total. The van der Waals surface area contributed by atoms with E-state index in [0.717, 1.165) is 25.2 Å². The van der Waals surface area contributed by atoms with Gasteiger partial charge in [0.1, 0.15) is 5.82 Å². The van der Waals surface area contributed by atoms with E-state index in [1.54, 1.807) is 0 Å². The van der Waals surface area contributed by atoms with Crippen molar-refractivity contribution in [1.82, 2.24) is 14.5 Å². The van der Waals surface area contributed by atoms with Gasteiger partial charge < -0.3 is 4.57 Å². The Kier molecular flexibility index (Phi) is 4.90. The van der Waals surface area contributed by atoms with Gasteiger partial charge in [0, 0.05) is 25.8 Å². The Morgan fingerprint density at radius 3 is 2.55 bits per heavy atom. The predicted octanol–water partition coefficient (Wildman–Crippen LogP) is 3.31. The molecule has 0 spiro atoms. The molecule has 1 aromatic heterocycles. The van der Waals surface area contributed by atoms with Crippen molar-refractivity contribution in [3.63, 3.8) is 0 Å². The minimum atomic E-state index is -0.189. The van der Waals surface area contributed by atoms with E-state index in [1.807, 2.05) is 24.7 Å². The zero-order valence-electron chi connectivity index (χ0n) is 12.4. The summed E-state index contributed by atoms with van der Waals surface area (Å²) in [6, 6.07) is 6.67. The van der Waals surface area contributed by atoms with Crippen LogP contribution >= 0.6 is 0 Å². The molecular weight excluding hydrogens is 253 g/mol. The Morgan fingerprint density at radius 2 is 1.90 bits per heavy atom. The highest BCUT2D eigenvalue weighted by Gasteiger charge is 2.08. The fourth-order valence-corrected chi connectivity index (χ4v) is 2.27. The summed E-state index contributed by atoms with van der Waals surface area (Å²) in [7, 11) is 2.07. The van der Waals surface area contributed by atoms with Crippen LogP contribution in [0.25, 0.3) is 0 Å². The van der Waals surface area contributed by atoms with Crippen LogP contribution in [0, 0.1) is 11.7 Å². The first-order chi connectivity index (χ1) is 9.54. The number of hydrogen-bond donors (Lipinski definition) is 0. The lowest BCUT2D eigenvalue weighted by molar-refractivity contribution is 0.307. The molecular formula is C16H22FN3. The molecule has 0 radical (unpaired) electrons. The molecule has 0 atom stereocenters. The quantitative estimate of drug-likeness (QED) is 0.806. The first-order valence-electron chi connectivity index (χ1n) is 6.96. The molecule has 1 aromatic carbocycles. The molecule has 0 saturated heterocycles. The maximum atomic E-state index is 12.9. The predicted molar refractivity (Wildman–Crippen MR) is 78.6 cm³/mol. The fraction of sp³-hybridized carbons (Fsp3) is 0.438. The lowest BCUT2D eigenvalue weighted by Gasteiger charge is -2.18. The van der Waals surface area contributed by atoms with E-state index >= 15 is 0 Å². The molecule has 108 valence electrons. The van der Waals surface area contributed by atoms with Crippen LogP contribution in [0.3, 0.4) is 0 Å². The highest BCUT2D eigenvalue weighted by molar-refractivity contribution is 5.16. The first kappa shape index (κ1) is 14.7. The molecule has 0 aliphatic carbocycles. The molecule has 2 rings (SSSR count). The molecule has 2 aromatic rings. The fourth-order valence-electron chi connectivity index (χ4n) is 2.27. The van der Waals surface area contributed by atoms with Gasteiger partial charge in [-0.1, -0.05) is 26.0 Å². The van der Waals surface area contributed by atoms with E-state index in [2.05, 4.69) is 35.3 Å². The minimum absolute atomic E-state index is 0.189. The van der Waals surface area contributed by atoms with Gasteiger partial charge in [-0.15, -0.1) is 0 Å². The molecule has 1 heterocycles. The zero-order valence-corrected chi connectivity index (χ0v) is 12.4. The minimum Gasteiger partial charge on any atom is -0.333 e. The van der Waals surface area contributed by atoms with Gasteiger partial charge in [0.15, 0.2) is 0 Å². The van der Waals surface area contributed by atoms with E-state index < -0.39 is 0 Å². The average Bonchev–Trinajstić information content (AvgIpc) is 2.78. The summed E-state index contributed by atoms with van der Waals surface area (Å²) in [5.74, 6) is 0.414. The van der Waals surface area contributed by atoms with Gasteiger partial charge in [0.25, 0.3) is 0 Å². The number of imidazole rings is 1. The number of halogens is 1. The summed E-state index contributed by atoms with van der Waals surface area (Å²) in [4.78, 5) is 6.44. The summed E-state index contributed by atoms with van der Waals surface area (Å²) < 4.78 is 15.1. The van der Waals surface area contributed by atoms with Crippen molar-refractivity contribution in [1.29, 1.82) is 0 Å². The summed E-state index contributed by atoms with van der Waals surface area (Å²) in [6.07, 6.45) is 3.81. The van der Waals surface area contributed by atoms with Gasteiger partial charge in [-0.05, 0) is 30.7 Å². The van der Waals surface area contributed by atoms with Crippen molar-refractivity contribution in [2.24, 2.45) is 5.92 Å². The van der Waals surface area contributed by atoms with Crippen molar-refractivity contribution in [3.05, 3.63) is 53.9 Å². The number of benzene rings is 1. The third-order valence-electron chi connectivity index (χ3n) is 3.16. The molecule has 0 amide bonds. The van der Waals surface area contributed by atoms with Crippen molar-refractivity contribution < 1.29 is 4.39 Å². The summed E-state index contributed by atoms with van der Waals surface area (Å²) in [5, 5.41) is 0. The van der Waals surface area contributed by atoms with Gasteiger partial charge in [0.2, 0.25) is 0 Å². The lowest BCUT2D eigenvalue weighted by Crippen LogP contribution is -2.20. The van der Waals surface area contributed by atoms with Crippen molar-refractivity contribution >= 4 is 0 Å². The van der Waals surface area contributed by atoms with Crippen LogP contribution in [0.2, 0.25) is 0 Å². The van der Waals surface area contributed by atoms with E-state index in [-0.39, 0.29) is 5.82 Å². The summed E-state index contributed by atoms with van der Waals surface area (Å²) in [6.45, 7) is 7.02. The van der Waals surface area contributed by atoms with Crippen LogP contribution in [-0.4, -0.2) is 21.5 Å². The van der Waals surface area contributed by atoms with Gasteiger partial charge in [-0.25, -0.2) is 9.37 Å². The molecule has 0 aliphatic heterocycles. The summed E-state index contributed by atoms with van der Waals surface area (Å²) in [5.41, 5.74) is 2.33. The molecule has 4 heteroatoms. The van der Waals surface area contributed by atoms with E-state index in [0.29, 0.717) is 5.92 Å². The third-order valence-corrected chi connectivity index (χ3v) is 3.16. The second-order valence-corrected chi connectivity index (χ2v) is 5.73. The smallest absolute Gasteiger partial charge is 0.123 e. The van der Waals surface area contributed by atoms with Gasteiger partial charge in [0.05, 0.1) is 12.0 Å². The van der Waals surface area contributed by atoms with Gasteiger partial charge in [-0.3, -0.25) is 4.90 Å². The normalized spacial score (nSPS) is 11.5. The van der Waals surface area contributed by atoms with Crippen molar-refractivity contribution in [3.8, 4) is 0 Å².